The molecule has 0 unspecified atom stereocenters. The normalized spacial score (nSPS) is 11.8. The molecule has 1 N–H and O–H groups in total. The molecule has 0 fully saturated rings. The molecule has 4 aromatic rings. The second-order valence-electron chi connectivity index (χ2n) is 6.77. The van der Waals surface area contributed by atoms with E-state index in [0.717, 1.165) is 23.1 Å². The van der Waals surface area contributed by atoms with E-state index in [1.54, 1.807) is 36.5 Å². The summed E-state index contributed by atoms with van der Waals surface area (Å²) < 4.78 is 29.8. The van der Waals surface area contributed by atoms with Gasteiger partial charge in [-0.2, -0.15) is 0 Å². The number of sulfonamides is 1. The largest absolute Gasteiger partial charge is 0.307 e. The first kappa shape index (κ1) is 19.3. The lowest BCUT2D eigenvalue weighted by atomic mass is 10.1. The van der Waals surface area contributed by atoms with Crippen LogP contribution in [0.1, 0.15) is 23.9 Å². The van der Waals surface area contributed by atoms with Crippen LogP contribution in [0.25, 0.3) is 11.2 Å². The molecule has 7 heteroatoms. The number of hydrogen-bond donors (Lipinski definition) is 1. The number of pyridine rings is 1. The highest BCUT2D eigenvalue weighted by molar-refractivity contribution is 7.89. The van der Waals surface area contributed by atoms with Gasteiger partial charge in [-0.25, -0.2) is 23.1 Å². The summed E-state index contributed by atoms with van der Waals surface area (Å²) in [5.74, 6) is 0.623. The van der Waals surface area contributed by atoms with Gasteiger partial charge in [0.2, 0.25) is 10.0 Å². The van der Waals surface area contributed by atoms with Gasteiger partial charge in [0.25, 0.3) is 0 Å². The molecule has 2 aromatic heterocycles. The lowest BCUT2D eigenvalue weighted by molar-refractivity contribution is 0.576. The maximum absolute atomic E-state index is 12.6. The fourth-order valence-corrected chi connectivity index (χ4v) is 4.21. The third-order valence-electron chi connectivity index (χ3n) is 4.83. The number of rotatable bonds is 7. The Bertz CT molecular complexity index is 1220. The minimum Gasteiger partial charge on any atom is -0.307 e. The Labute approximate surface area is 170 Å². The van der Waals surface area contributed by atoms with Gasteiger partial charge in [0.15, 0.2) is 5.65 Å². The van der Waals surface area contributed by atoms with Crippen LogP contribution in [0.4, 0.5) is 0 Å². The van der Waals surface area contributed by atoms with E-state index >= 15 is 0 Å². The molecule has 0 amide bonds. The highest BCUT2D eigenvalue weighted by Gasteiger charge is 2.17. The molecule has 0 aliphatic rings. The van der Waals surface area contributed by atoms with Crippen LogP contribution in [0.2, 0.25) is 0 Å². The predicted molar refractivity (Wildman–Crippen MR) is 113 cm³/mol. The third-order valence-corrected chi connectivity index (χ3v) is 6.25. The average molecular weight is 407 g/mol. The Balaban J connectivity index is 1.64. The molecule has 29 heavy (non-hydrogen) atoms. The highest BCUT2D eigenvalue weighted by atomic mass is 32.2. The fourth-order valence-electron chi connectivity index (χ4n) is 3.21. The van der Waals surface area contributed by atoms with E-state index in [-0.39, 0.29) is 11.4 Å². The van der Waals surface area contributed by atoms with Gasteiger partial charge in [-0.05, 0) is 41.8 Å². The quantitative estimate of drug-likeness (QED) is 0.509. The third kappa shape index (κ3) is 4.21. The zero-order chi connectivity index (χ0) is 20.3. The molecule has 0 atom stereocenters. The van der Waals surface area contributed by atoms with E-state index in [9.17, 15) is 8.42 Å². The highest BCUT2D eigenvalue weighted by Crippen LogP contribution is 2.17. The summed E-state index contributed by atoms with van der Waals surface area (Å²) in [6, 6.07) is 20.4. The molecule has 6 nitrogen and oxygen atoms in total. The monoisotopic (exact) mass is 406 g/mol. The minimum atomic E-state index is -3.62. The number of nitrogens with zero attached hydrogens (tertiary/aromatic N) is 3. The predicted octanol–water partition coefficient (Wildman–Crippen LogP) is 3.52. The van der Waals surface area contributed by atoms with Gasteiger partial charge < -0.3 is 4.57 Å². The van der Waals surface area contributed by atoms with E-state index in [0.29, 0.717) is 12.4 Å². The molecule has 2 aromatic carbocycles. The van der Waals surface area contributed by atoms with E-state index in [2.05, 4.69) is 45.9 Å². The van der Waals surface area contributed by atoms with Gasteiger partial charge in [-0.15, -0.1) is 0 Å². The number of aromatic nitrogens is 3. The van der Waals surface area contributed by atoms with E-state index in [1.807, 2.05) is 16.7 Å². The lowest BCUT2D eigenvalue weighted by Gasteiger charge is -2.11. The minimum absolute atomic E-state index is 0.0840. The zero-order valence-electron chi connectivity index (χ0n) is 16.1. The average Bonchev–Trinajstić information content (AvgIpc) is 3.11. The molecule has 148 valence electrons. The Kier molecular flexibility index (Phi) is 5.42. The number of fused-ring (bicyclic) bond motifs is 1. The molecule has 0 bridgehead atoms. The van der Waals surface area contributed by atoms with E-state index < -0.39 is 10.0 Å². The zero-order valence-corrected chi connectivity index (χ0v) is 16.9. The molecular weight excluding hydrogens is 384 g/mol. The summed E-state index contributed by atoms with van der Waals surface area (Å²) in [4.78, 5) is 9.30. The first-order chi connectivity index (χ1) is 14.1. The van der Waals surface area contributed by atoms with Crippen molar-refractivity contribution >= 4 is 21.2 Å². The standard InChI is InChI=1S/C22H22N4O2S/c1-2-17-10-12-18(13-11-17)16-26-21(25-20-9-6-14-23-22(20)26)15-24-29(27,28)19-7-4-3-5-8-19/h3-14,24H,2,15-16H2,1H3. The number of nitrogens with one attached hydrogen (secondary N) is 1. The Morgan fingerprint density at radius 2 is 1.66 bits per heavy atom. The molecule has 0 saturated heterocycles. The summed E-state index contributed by atoms with van der Waals surface area (Å²) >= 11 is 0. The van der Waals surface area contributed by atoms with Crippen LogP contribution in [-0.4, -0.2) is 23.0 Å². The summed E-state index contributed by atoms with van der Waals surface area (Å²) in [6.45, 7) is 2.78. The van der Waals surface area contributed by atoms with E-state index in [1.165, 1.54) is 5.56 Å². The SMILES string of the molecule is CCc1ccc(Cn2c(CNS(=O)(=O)c3ccccc3)nc3cccnc32)cc1. The number of aryl methyl sites for hydroxylation is 1. The Morgan fingerprint density at radius 1 is 0.931 bits per heavy atom. The molecule has 0 aliphatic carbocycles. The van der Waals surface area contributed by atoms with Crippen molar-refractivity contribution in [2.24, 2.45) is 0 Å². The van der Waals surface area contributed by atoms with Crippen LogP contribution in [0.15, 0.2) is 77.8 Å². The van der Waals surface area contributed by atoms with Crippen LogP contribution in [0.3, 0.4) is 0 Å². The first-order valence-electron chi connectivity index (χ1n) is 9.49. The second kappa shape index (κ2) is 8.14. The summed E-state index contributed by atoms with van der Waals surface area (Å²) in [5.41, 5.74) is 3.87. The van der Waals surface area contributed by atoms with Crippen molar-refractivity contribution in [3.8, 4) is 0 Å². The molecule has 0 spiro atoms. The van der Waals surface area contributed by atoms with E-state index in [4.69, 9.17) is 0 Å². The van der Waals surface area contributed by atoms with Gasteiger partial charge >= 0.3 is 0 Å². The van der Waals surface area contributed by atoms with Crippen molar-refractivity contribution in [3.05, 3.63) is 89.9 Å². The van der Waals surface area contributed by atoms with Crippen LogP contribution < -0.4 is 4.72 Å². The molecule has 0 saturated carbocycles. The van der Waals surface area contributed by atoms with Crippen molar-refractivity contribution < 1.29 is 8.42 Å². The van der Waals surface area contributed by atoms with Gasteiger partial charge in [0.05, 0.1) is 18.0 Å². The van der Waals surface area contributed by atoms with Gasteiger partial charge in [-0.3, -0.25) is 0 Å². The van der Waals surface area contributed by atoms with Gasteiger partial charge in [0.1, 0.15) is 11.3 Å². The van der Waals surface area contributed by atoms with Crippen LogP contribution >= 0.6 is 0 Å². The Hall–Kier alpha value is -3.03. The topological polar surface area (TPSA) is 76.9 Å². The molecular formula is C22H22N4O2S. The van der Waals surface area contributed by atoms with Gasteiger partial charge in [-0.1, -0.05) is 49.4 Å². The first-order valence-corrected chi connectivity index (χ1v) is 11.0. The number of hydrogen-bond acceptors (Lipinski definition) is 4. The van der Waals surface area contributed by atoms with Crippen molar-refractivity contribution in [1.29, 1.82) is 0 Å². The summed E-state index contributed by atoms with van der Waals surface area (Å²) in [5, 5.41) is 0. The van der Waals surface area contributed by atoms with Crippen LogP contribution in [0, 0.1) is 0 Å². The lowest BCUT2D eigenvalue weighted by Crippen LogP contribution is -2.25. The van der Waals surface area contributed by atoms with Crippen molar-refractivity contribution in [3.63, 3.8) is 0 Å². The maximum atomic E-state index is 12.6. The van der Waals surface area contributed by atoms with Gasteiger partial charge in [0, 0.05) is 6.20 Å². The molecule has 0 radical (unpaired) electrons. The molecule has 2 heterocycles. The van der Waals surface area contributed by atoms with Crippen molar-refractivity contribution in [1.82, 2.24) is 19.3 Å². The van der Waals surface area contributed by atoms with Crippen LogP contribution in [0.5, 0.6) is 0 Å². The maximum Gasteiger partial charge on any atom is 0.240 e. The Morgan fingerprint density at radius 3 is 2.38 bits per heavy atom. The smallest absolute Gasteiger partial charge is 0.240 e. The number of benzene rings is 2. The second-order valence-corrected chi connectivity index (χ2v) is 8.53. The van der Waals surface area contributed by atoms with Crippen molar-refractivity contribution in [2.75, 3.05) is 0 Å². The molecule has 0 aliphatic heterocycles. The fraction of sp³-hybridized carbons (Fsp3) is 0.182. The molecule has 4 rings (SSSR count). The summed E-state index contributed by atoms with van der Waals surface area (Å²) in [7, 11) is -3.62. The number of imidazole rings is 1. The van der Waals surface area contributed by atoms with Crippen LogP contribution in [-0.2, 0) is 29.5 Å². The summed E-state index contributed by atoms with van der Waals surface area (Å²) in [6.07, 6.45) is 2.71. The van der Waals surface area contributed by atoms with Crippen molar-refractivity contribution in [2.45, 2.75) is 31.3 Å².